The van der Waals surface area contributed by atoms with Crippen molar-refractivity contribution in [2.24, 2.45) is 0 Å². The van der Waals surface area contributed by atoms with Gasteiger partial charge in [0.15, 0.2) is 0 Å². The van der Waals surface area contributed by atoms with E-state index in [9.17, 15) is 5.11 Å². The van der Waals surface area contributed by atoms with Gasteiger partial charge in [-0.05, 0) is 38.9 Å². The van der Waals surface area contributed by atoms with Crippen molar-refractivity contribution in [3.63, 3.8) is 0 Å². The van der Waals surface area contributed by atoms with Crippen molar-refractivity contribution in [3.05, 3.63) is 0 Å². The third kappa shape index (κ3) is 1.63. The molecule has 0 aromatic heterocycles. The molecular formula is C9H18N2O. The SMILES string of the molecule is OC1NCCCN2CCCCC12. The monoisotopic (exact) mass is 170 g/mol. The lowest BCUT2D eigenvalue weighted by Crippen LogP contribution is -2.49. The molecule has 3 heteroatoms. The summed E-state index contributed by atoms with van der Waals surface area (Å²) in [6, 6.07) is 0.390. The van der Waals surface area contributed by atoms with Crippen LogP contribution in [0.1, 0.15) is 25.7 Å². The largest absolute Gasteiger partial charge is 0.377 e. The summed E-state index contributed by atoms with van der Waals surface area (Å²) in [5, 5.41) is 12.9. The minimum Gasteiger partial charge on any atom is -0.377 e. The molecule has 0 saturated carbocycles. The topological polar surface area (TPSA) is 35.5 Å². The van der Waals surface area contributed by atoms with E-state index in [1.165, 1.54) is 25.8 Å². The van der Waals surface area contributed by atoms with E-state index in [-0.39, 0.29) is 6.23 Å². The van der Waals surface area contributed by atoms with Crippen LogP contribution in [0.3, 0.4) is 0 Å². The fourth-order valence-electron chi connectivity index (χ4n) is 2.32. The van der Waals surface area contributed by atoms with Crippen LogP contribution in [0.15, 0.2) is 0 Å². The zero-order valence-electron chi connectivity index (χ0n) is 7.50. The fourth-order valence-corrected chi connectivity index (χ4v) is 2.32. The van der Waals surface area contributed by atoms with Crippen LogP contribution in [0.2, 0.25) is 0 Å². The Labute approximate surface area is 73.8 Å². The summed E-state index contributed by atoms with van der Waals surface area (Å²) >= 11 is 0. The lowest BCUT2D eigenvalue weighted by atomic mass is 10.0. The van der Waals surface area contributed by atoms with Crippen molar-refractivity contribution < 1.29 is 5.11 Å². The highest BCUT2D eigenvalue weighted by Gasteiger charge is 2.29. The van der Waals surface area contributed by atoms with Gasteiger partial charge in [0, 0.05) is 6.04 Å². The molecule has 2 N–H and O–H groups in total. The highest BCUT2D eigenvalue weighted by Crippen LogP contribution is 2.20. The molecule has 0 spiro atoms. The first-order valence-corrected chi connectivity index (χ1v) is 5.03. The lowest BCUT2D eigenvalue weighted by molar-refractivity contribution is 0.0221. The Kier molecular flexibility index (Phi) is 2.63. The Bertz CT molecular complexity index is 151. The zero-order valence-corrected chi connectivity index (χ0v) is 7.50. The van der Waals surface area contributed by atoms with Crippen molar-refractivity contribution in [2.45, 2.75) is 38.0 Å². The quantitative estimate of drug-likeness (QED) is 0.543. The fraction of sp³-hybridized carbons (Fsp3) is 1.00. The molecule has 0 aliphatic carbocycles. The Morgan fingerprint density at radius 2 is 2.00 bits per heavy atom. The molecule has 12 heavy (non-hydrogen) atoms. The summed E-state index contributed by atoms with van der Waals surface area (Å²) in [5.74, 6) is 0. The molecule has 2 aliphatic rings. The van der Waals surface area contributed by atoms with Gasteiger partial charge in [-0.3, -0.25) is 10.2 Å². The van der Waals surface area contributed by atoms with Crippen LogP contribution in [-0.4, -0.2) is 41.9 Å². The van der Waals surface area contributed by atoms with Crippen LogP contribution in [0.25, 0.3) is 0 Å². The van der Waals surface area contributed by atoms with E-state index in [1.807, 2.05) is 0 Å². The number of nitrogens with one attached hydrogen (secondary N) is 1. The maximum atomic E-state index is 9.73. The van der Waals surface area contributed by atoms with E-state index in [0.717, 1.165) is 19.5 Å². The molecule has 0 aromatic rings. The average Bonchev–Trinajstić information content (AvgIpc) is 2.29. The summed E-state index contributed by atoms with van der Waals surface area (Å²) in [6.45, 7) is 3.31. The predicted octanol–water partition coefficient (Wildman–Crippen LogP) is 0.153. The van der Waals surface area contributed by atoms with E-state index in [1.54, 1.807) is 0 Å². The van der Waals surface area contributed by atoms with Crippen LogP contribution in [-0.2, 0) is 0 Å². The summed E-state index contributed by atoms with van der Waals surface area (Å²) in [5.41, 5.74) is 0. The molecular weight excluding hydrogens is 152 g/mol. The predicted molar refractivity (Wildman–Crippen MR) is 47.8 cm³/mol. The molecule has 3 nitrogen and oxygen atoms in total. The van der Waals surface area contributed by atoms with Gasteiger partial charge < -0.3 is 5.11 Å². The molecule has 2 heterocycles. The van der Waals surface area contributed by atoms with Gasteiger partial charge in [-0.2, -0.15) is 0 Å². The highest BCUT2D eigenvalue weighted by molar-refractivity contribution is 4.84. The molecule has 2 atom stereocenters. The first-order chi connectivity index (χ1) is 5.88. The average molecular weight is 170 g/mol. The van der Waals surface area contributed by atoms with Crippen LogP contribution in [0.5, 0.6) is 0 Å². The molecule has 2 fully saturated rings. The van der Waals surface area contributed by atoms with Crippen LogP contribution in [0, 0.1) is 0 Å². The first kappa shape index (κ1) is 8.48. The number of rotatable bonds is 0. The van der Waals surface area contributed by atoms with Gasteiger partial charge in [0.25, 0.3) is 0 Å². The van der Waals surface area contributed by atoms with Crippen LogP contribution in [0.4, 0.5) is 0 Å². The van der Waals surface area contributed by atoms with E-state index in [4.69, 9.17) is 0 Å². The van der Waals surface area contributed by atoms with Crippen molar-refractivity contribution in [1.29, 1.82) is 0 Å². The van der Waals surface area contributed by atoms with Crippen molar-refractivity contribution in [2.75, 3.05) is 19.6 Å². The number of fused-ring (bicyclic) bond motifs is 1. The van der Waals surface area contributed by atoms with Crippen LogP contribution < -0.4 is 5.32 Å². The maximum Gasteiger partial charge on any atom is 0.120 e. The zero-order chi connectivity index (χ0) is 8.39. The summed E-state index contributed by atoms with van der Waals surface area (Å²) < 4.78 is 0. The second-order valence-corrected chi connectivity index (χ2v) is 3.85. The number of nitrogens with zero attached hydrogens (tertiary/aromatic N) is 1. The molecule has 2 unspecified atom stereocenters. The molecule has 0 amide bonds. The first-order valence-electron chi connectivity index (χ1n) is 5.03. The summed E-state index contributed by atoms with van der Waals surface area (Å²) in [6.07, 6.45) is 4.64. The maximum absolute atomic E-state index is 9.73. The molecule has 2 aliphatic heterocycles. The van der Waals surface area contributed by atoms with Gasteiger partial charge in [-0.25, -0.2) is 0 Å². The molecule has 2 saturated heterocycles. The second-order valence-electron chi connectivity index (χ2n) is 3.85. The summed E-state index contributed by atoms with van der Waals surface area (Å²) in [7, 11) is 0. The molecule has 2 rings (SSSR count). The van der Waals surface area contributed by atoms with Crippen molar-refractivity contribution in [3.8, 4) is 0 Å². The van der Waals surface area contributed by atoms with Gasteiger partial charge in [0.2, 0.25) is 0 Å². The number of aliphatic hydroxyl groups is 1. The van der Waals surface area contributed by atoms with Crippen molar-refractivity contribution >= 4 is 0 Å². The molecule has 0 aromatic carbocycles. The number of piperidine rings is 1. The van der Waals surface area contributed by atoms with E-state index in [0.29, 0.717) is 6.04 Å². The van der Waals surface area contributed by atoms with Gasteiger partial charge in [-0.1, -0.05) is 6.42 Å². The van der Waals surface area contributed by atoms with Crippen LogP contribution >= 0.6 is 0 Å². The van der Waals surface area contributed by atoms with Gasteiger partial charge in [0.05, 0.1) is 0 Å². The Morgan fingerprint density at radius 1 is 1.17 bits per heavy atom. The standard InChI is InChI=1S/C9H18N2O/c12-9-8-4-1-2-6-11(8)7-3-5-10-9/h8-10,12H,1-7H2. The third-order valence-electron chi connectivity index (χ3n) is 3.00. The second kappa shape index (κ2) is 3.73. The Morgan fingerprint density at radius 3 is 2.92 bits per heavy atom. The van der Waals surface area contributed by atoms with Gasteiger partial charge in [-0.15, -0.1) is 0 Å². The number of hydrogen-bond acceptors (Lipinski definition) is 3. The van der Waals surface area contributed by atoms with E-state index in [2.05, 4.69) is 10.2 Å². The van der Waals surface area contributed by atoms with E-state index < -0.39 is 0 Å². The molecule has 70 valence electrons. The van der Waals surface area contributed by atoms with Crippen molar-refractivity contribution in [1.82, 2.24) is 10.2 Å². The summed E-state index contributed by atoms with van der Waals surface area (Å²) in [4.78, 5) is 2.44. The van der Waals surface area contributed by atoms with E-state index >= 15 is 0 Å². The minimum atomic E-state index is -0.284. The normalized spacial score (nSPS) is 38.8. The van der Waals surface area contributed by atoms with Gasteiger partial charge in [0.1, 0.15) is 6.23 Å². The molecule has 0 radical (unpaired) electrons. The number of aliphatic hydroxyl groups excluding tert-OH is 1. The van der Waals surface area contributed by atoms with Gasteiger partial charge >= 0.3 is 0 Å². The minimum absolute atomic E-state index is 0.284. The third-order valence-corrected chi connectivity index (χ3v) is 3.00. The Hall–Kier alpha value is -0.120. The highest BCUT2D eigenvalue weighted by atomic mass is 16.3. The molecule has 0 bridgehead atoms. The Balaban J connectivity index is 2.01. The smallest absolute Gasteiger partial charge is 0.120 e. The number of hydrogen-bond donors (Lipinski definition) is 2. The lowest BCUT2D eigenvalue weighted by Gasteiger charge is -2.36.